The van der Waals surface area contributed by atoms with Crippen LogP contribution in [-0.4, -0.2) is 24.0 Å². The van der Waals surface area contributed by atoms with E-state index in [2.05, 4.69) is 16.0 Å². The molecule has 24 heavy (non-hydrogen) atoms. The van der Waals surface area contributed by atoms with Gasteiger partial charge in [0.2, 0.25) is 5.91 Å². The standard InChI is InChI=1S/C19H29N3O2/c1-15(21-17-12-8-3-2-4-9-13-17)18(23)22-19(24)20-14-16-10-6-5-7-11-16/h5-7,10-11,15,17,21H,2-4,8-9,12-14H2,1H3,(H2,20,22,23,24)/t15-/m1/s1. The second-order valence-electron chi connectivity index (χ2n) is 6.59. The first-order valence-corrected chi connectivity index (χ1v) is 9.04. The maximum absolute atomic E-state index is 12.2. The highest BCUT2D eigenvalue weighted by Crippen LogP contribution is 2.17. The van der Waals surface area contributed by atoms with E-state index in [9.17, 15) is 9.59 Å². The number of urea groups is 1. The van der Waals surface area contributed by atoms with Crippen LogP contribution in [0.5, 0.6) is 0 Å². The Morgan fingerprint density at radius 2 is 1.67 bits per heavy atom. The minimum atomic E-state index is -0.449. The smallest absolute Gasteiger partial charge is 0.321 e. The van der Waals surface area contributed by atoms with Gasteiger partial charge >= 0.3 is 6.03 Å². The van der Waals surface area contributed by atoms with Crippen molar-refractivity contribution in [3.8, 4) is 0 Å². The summed E-state index contributed by atoms with van der Waals surface area (Å²) in [7, 11) is 0. The lowest BCUT2D eigenvalue weighted by molar-refractivity contribution is -0.121. The maximum Gasteiger partial charge on any atom is 0.321 e. The molecule has 5 nitrogen and oxygen atoms in total. The van der Waals surface area contributed by atoms with E-state index in [-0.39, 0.29) is 11.9 Å². The molecule has 0 spiro atoms. The van der Waals surface area contributed by atoms with Crippen molar-refractivity contribution in [3.63, 3.8) is 0 Å². The van der Waals surface area contributed by atoms with Crippen molar-refractivity contribution in [2.75, 3.05) is 0 Å². The molecule has 1 aliphatic carbocycles. The van der Waals surface area contributed by atoms with Crippen LogP contribution in [0.25, 0.3) is 0 Å². The fourth-order valence-corrected chi connectivity index (χ4v) is 3.09. The zero-order valence-electron chi connectivity index (χ0n) is 14.5. The van der Waals surface area contributed by atoms with Crippen molar-refractivity contribution >= 4 is 11.9 Å². The van der Waals surface area contributed by atoms with E-state index in [4.69, 9.17) is 0 Å². The van der Waals surface area contributed by atoms with E-state index in [1.54, 1.807) is 0 Å². The lowest BCUT2D eigenvalue weighted by atomic mass is 9.96. The maximum atomic E-state index is 12.2. The molecule has 1 aliphatic rings. The molecule has 2 rings (SSSR count). The average molecular weight is 331 g/mol. The molecule has 132 valence electrons. The van der Waals surface area contributed by atoms with Crippen LogP contribution in [-0.2, 0) is 11.3 Å². The van der Waals surface area contributed by atoms with Crippen molar-refractivity contribution in [2.45, 2.75) is 70.5 Å². The summed E-state index contributed by atoms with van der Waals surface area (Å²) in [5.74, 6) is -0.275. The molecule has 3 amide bonds. The highest BCUT2D eigenvalue weighted by molar-refractivity contribution is 5.96. The number of carbonyl (C=O) groups excluding carboxylic acids is 2. The molecular formula is C19H29N3O2. The van der Waals surface area contributed by atoms with Crippen molar-refractivity contribution in [1.82, 2.24) is 16.0 Å². The Labute approximate surface area is 144 Å². The number of amides is 3. The van der Waals surface area contributed by atoms with E-state index >= 15 is 0 Å². The van der Waals surface area contributed by atoms with E-state index < -0.39 is 6.03 Å². The van der Waals surface area contributed by atoms with Crippen molar-refractivity contribution < 1.29 is 9.59 Å². The first kappa shape index (κ1) is 18.5. The monoisotopic (exact) mass is 331 g/mol. The molecule has 3 N–H and O–H groups in total. The van der Waals surface area contributed by atoms with Crippen LogP contribution in [0, 0.1) is 0 Å². The minimum absolute atomic E-state index is 0.275. The molecule has 1 aromatic carbocycles. The molecule has 1 saturated carbocycles. The molecular weight excluding hydrogens is 302 g/mol. The van der Waals surface area contributed by atoms with Crippen molar-refractivity contribution in [3.05, 3.63) is 35.9 Å². The number of nitrogens with one attached hydrogen (secondary N) is 3. The zero-order chi connectivity index (χ0) is 17.2. The van der Waals surface area contributed by atoms with Crippen LogP contribution in [0.4, 0.5) is 4.79 Å². The predicted molar refractivity (Wildman–Crippen MR) is 95.5 cm³/mol. The van der Waals surface area contributed by atoms with Crippen LogP contribution < -0.4 is 16.0 Å². The lowest BCUT2D eigenvalue weighted by Gasteiger charge is -2.24. The number of hydrogen-bond donors (Lipinski definition) is 3. The molecule has 1 fully saturated rings. The molecule has 1 atom stereocenters. The summed E-state index contributed by atoms with van der Waals surface area (Å²) < 4.78 is 0. The van der Waals surface area contributed by atoms with Gasteiger partial charge in [0.15, 0.2) is 0 Å². The average Bonchev–Trinajstić information content (AvgIpc) is 2.56. The Bertz CT molecular complexity index is 511. The summed E-state index contributed by atoms with van der Waals surface area (Å²) in [5, 5.41) is 8.50. The van der Waals surface area contributed by atoms with E-state index in [0.717, 1.165) is 18.4 Å². The van der Waals surface area contributed by atoms with E-state index in [0.29, 0.717) is 12.6 Å². The predicted octanol–water partition coefficient (Wildman–Crippen LogP) is 3.10. The van der Waals surface area contributed by atoms with Crippen LogP contribution in [0.3, 0.4) is 0 Å². The van der Waals surface area contributed by atoms with Crippen LogP contribution in [0.2, 0.25) is 0 Å². The van der Waals surface area contributed by atoms with Gasteiger partial charge in [0, 0.05) is 12.6 Å². The Morgan fingerprint density at radius 3 is 2.33 bits per heavy atom. The van der Waals surface area contributed by atoms with Crippen LogP contribution in [0.15, 0.2) is 30.3 Å². The lowest BCUT2D eigenvalue weighted by Crippen LogP contribution is -2.50. The molecule has 0 aliphatic heterocycles. The summed E-state index contributed by atoms with van der Waals surface area (Å²) in [5.41, 5.74) is 1.00. The quantitative estimate of drug-likeness (QED) is 0.776. The molecule has 0 aromatic heterocycles. The van der Waals surface area contributed by atoms with Crippen molar-refractivity contribution in [2.24, 2.45) is 0 Å². The fourth-order valence-electron chi connectivity index (χ4n) is 3.09. The number of carbonyl (C=O) groups is 2. The molecule has 5 heteroatoms. The summed E-state index contributed by atoms with van der Waals surface area (Å²) in [4.78, 5) is 24.0. The highest BCUT2D eigenvalue weighted by Gasteiger charge is 2.20. The van der Waals surface area contributed by atoms with Crippen molar-refractivity contribution in [1.29, 1.82) is 0 Å². The van der Waals surface area contributed by atoms with Gasteiger partial charge in [-0.3, -0.25) is 10.1 Å². The van der Waals surface area contributed by atoms with Crippen LogP contribution in [0.1, 0.15) is 57.4 Å². The first-order valence-electron chi connectivity index (χ1n) is 9.04. The molecule has 0 heterocycles. The number of imide groups is 1. The molecule has 0 saturated heterocycles. The normalized spacial score (nSPS) is 17.4. The van der Waals surface area contributed by atoms with Gasteiger partial charge in [-0.25, -0.2) is 4.79 Å². The largest absolute Gasteiger partial charge is 0.334 e. The Kier molecular flexibility index (Phi) is 7.75. The number of benzene rings is 1. The summed E-state index contributed by atoms with van der Waals surface area (Å²) in [6.07, 6.45) is 8.52. The molecule has 0 bridgehead atoms. The molecule has 0 radical (unpaired) electrons. The summed E-state index contributed by atoms with van der Waals surface area (Å²) in [6.45, 7) is 2.23. The Morgan fingerprint density at radius 1 is 1.04 bits per heavy atom. The fraction of sp³-hybridized carbons (Fsp3) is 0.579. The zero-order valence-corrected chi connectivity index (χ0v) is 14.5. The third kappa shape index (κ3) is 6.71. The summed E-state index contributed by atoms with van der Waals surface area (Å²) >= 11 is 0. The number of hydrogen-bond acceptors (Lipinski definition) is 3. The van der Waals surface area contributed by atoms with E-state index in [1.165, 1.54) is 32.1 Å². The second-order valence-corrected chi connectivity index (χ2v) is 6.59. The number of rotatable bonds is 5. The van der Waals surface area contributed by atoms with Gasteiger partial charge in [-0.15, -0.1) is 0 Å². The van der Waals surface area contributed by atoms with E-state index in [1.807, 2.05) is 37.3 Å². The third-order valence-corrected chi connectivity index (χ3v) is 4.52. The van der Waals surface area contributed by atoms with Gasteiger partial charge in [-0.05, 0) is 25.3 Å². The summed E-state index contributed by atoms with van der Waals surface area (Å²) in [6, 6.07) is 9.19. The first-order chi connectivity index (χ1) is 11.6. The van der Waals surface area contributed by atoms with Gasteiger partial charge in [-0.2, -0.15) is 0 Å². The van der Waals surface area contributed by atoms with Gasteiger partial charge < -0.3 is 10.6 Å². The molecule has 1 aromatic rings. The second kappa shape index (κ2) is 10.1. The highest BCUT2D eigenvalue weighted by atomic mass is 16.2. The Balaban J connectivity index is 1.70. The van der Waals surface area contributed by atoms with Gasteiger partial charge in [0.25, 0.3) is 0 Å². The third-order valence-electron chi connectivity index (χ3n) is 4.52. The molecule has 0 unspecified atom stereocenters. The SMILES string of the molecule is C[C@@H](NC1CCCCCCC1)C(=O)NC(=O)NCc1ccccc1. The van der Waals surface area contributed by atoms with Gasteiger partial charge in [-0.1, -0.05) is 62.4 Å². The van der Waals surface area contributed by atoms with Crippen LogP contribution >= 0.6 is 0 Å². The van der Waals surface area contributed by atoms with Gasteiger partial charge in [0.1, 0.15) is 0 Å². The Hall–Kier alpha value is -1.88. The topological polar surface area (TPSA) is 70.2 Å². The minimum Gasteiger partial charge on any atom is -0.334 e. The van der Waals surface area contributed by atoms with Gasteiger partial charge in [0.05, 0.1) is 6.04 Å².